The summed E-state index contributed by atoms with van der Waals surface area (Å²) in [5.41, 5.74) is 1.19. The van der Waals surface area contributed by atoms with Crippen LogP contribution in [0.1, 0.15) is 38.1 Å². The number of furan rings is 1. The Labute approximate surface area is 212 Å². The van der Waals surface area contributed by atoms with Crippen molar-refractivity contribution >= 4 is 29.3 Å². The lowest BCUT2D eigenvalue weighted by Crippen LogP contribution is -2.39. The molecule has 9 nitrogen and oxygen atoms in total. The van der Waals surface area contributed by atoms with E-state index in [9.17, 15) is 9.59 Å². The van der Waals surface area contributed by atoms with Gasteiger partial charge in [0.15, 0.2) is 22.2 Å². The van der Waals surface area contributed by atoms with Crippen molar-refractivity contribution in [3.8, 4) is 11.5 Å². The van der Waals surface area contributed by atoms with E-state index in [1.807, 2.05) is 38.1 Å². The molecule has 0 bridgehead atoms. The van der Waals surface area contributed by atoms with E-state index < -0.39 is 12.0 Å². The number of carbonyl (C=O) groups excluding carboxylic acids is 1. The third-order valence-electron chi connectivity index (χ3n) is 5.65. The summed E-state index contributed by atoms with van der Waals surface area (Å²) in [5.74, 6) is 1.78. The van der Waals surface area contributed by atoms with Gasteiger partial charge in [-0.25, -0.2) is 9.79 Å². The molecule has 0 N–H and O–H groups in total. The van der Waals surface area contributed by atoms with Crippen LogP contribution in [0.3, 0.4) is 0 Å². The Balaban J connectivity index is 1.94. The minimum absolute atomic E-state index is 0.201. The third kappa shape index (κ3) is 4.68. The van der Waals surface area contributed by atoms with Crippen LogP contribution in [0, 0.1) is 0 Å². The first-order valence-electron chi connectivity index (χ1n) is 11.6. The first kappa shape index (κ1) is 25.3. The van der Waals surface area contributed by atoms with Crippen molar-refractivity contribution in [1.29, 1.82) is 0 Å². The molecule has 1 atom stereocenters. The molecule has 0 saturated heterocycles. The molecule has 2 aromatic heterocycles. The molecular weight excluding hydrogens is 482 g/mol. The zero-order chi connectivity index (χ0) is 26.0. The van der Waals surface area contributed by atoms with Gasteiger partial charge < -0.3 is 23.5 Å². The van der Waals surface area contributed by atoms with Gasteiger partial charge in [0.1, 0.15) is 5.76 Å². The molecular formula is C26H29N3O6S. The number of thiazole rings is 1. The molecule has 0 spiro atoms. The number of esters is 1. The summed E-state index contributed by atoms with van der Waals surface area (Å²) in [7, 11) is 5.31. The van der Waals surface area contributed by atoms with Gasteiger partial charge in [-0.1, -0.05) is 17.4 Å². The predicted octanol–water partition coefficient (Wildman–Crippen LogP) is 2.86. The van der Waals surface area contributed by atoms with E-state index in [2.05, 4.69) is 4.99 Å². The molecule has 1 aliphatic rings. The second kappa shape index (κ2) is 10.4. The van der Waals surface area contributed by atoms with E-state index in [4.69, 9.17) is 18.6 Å². The van der Waals surface area contributed by atoms with Crippen LogP contribution in [0.5, 0.6) is 11.5 Å². The Morgan fingerprint density at radius 3 is 2.61 bits per heavy atom. The molecule has 0 saturated carbocycles. The van der Waals surface area contributed by atoms with Crippen LogP contribution >= 0.6 is 11.3 Å². The monoisotopic (exact) mass is 511 g/mol. The number of hydrogen-bond donors (Lipinski definition) is 0. The molecule has 1 aromatic carbocycles. The van der Waals surface area contributed by atoms with Gasteiger partial charge in [0.25, 0.3) is 5.56 Å². The summed E-state index contributed by atoms with van der Waals surface area (Å²) in [5, 5.41) is 0. The molecule has 4 rings (SSSR count). The molecule has 0 aliphatic carbocycles. The summed E-state index contributed by atoms with van der Waals surface area (Å²) in [6, 6.07) is 8.26. The molecule has 0 fully saturated rings. The SMILES string of the molecule is CCOC(=O)C1=C(C)N=c2sc(=Cc3ccc(N(C)C)o3)c(=O)n2[C@H]1c1ccc(OC)c(OCC)c1. The largest absolute Gasteiger partial charge is 0.493 e. The lowest BCUT2D eigenvalue weighted by atomic mass is 9.95. The summed E-state index contributed by atoms with van der Waals surface area (Å²) >= 11 is 1.24. The van der Waals surface area contributed by atoms with Gasteiger partial charge >= 0.3 is 5.97 Å². The number of anilines is 1. The van der Waals surface area contributed by atoms with Crippen LogP contribution in [0.4, 0.5) is 5.88 Å². The van der Waals surface area contributed by atoms with Gasteiger partial charge in [-0.3, -0.25) is 9.36 Å². The fourth-order valence-electron chi connectivity index (χ4n) is 4.03. The molecule has 0 radical (unpaired) electrons. The highest BCUT2D eigenvalue weighted by Gasteiger charge is 2.34. The fraction of sp³-hybridized carbons (Fsp3) is 0.346. The molecule has 36 heavy (non-hydrogen) atoms. The predicted molar refractivity (Wildman–Crippen MR) is 138 cm³/mol. The van der Waals surface area contributed by atoms with Gasteiger partial charge in [-0.2, -0.15) is 0 Å². The topological polar surface area (TPSA) is 95.5 Å². The average molecular weight is 512 g/mol. The van der Waals surface area contributed by atoms with E-state index in [1.54, 1.807) is 45.2 Å². The maximum atomic E-state index is 13.7. The van der Waals surface area contributed by atoms with E-state index in [-0.39, 0.29) is 12.2 Å². The number of carbonyl (C=O) groups is 1. The fourth-order valence-corrected chi connectivity index (χ4v) is 5.05. The number of hydrogen-bond acceptors (Lipinski definition) is 9. The second-order valence-electron chi connectivity index (χ2n) is 8.22. The average Bonchev–Trinajstić information content (AvgIpc) is 3.43. The molecule has 190 valence electrons. The number of rotatable bonds is 8. The highest BCUT2D eigenvalue weighted by molar-refractivity contribution is 7.07. The first-order chi connectivity index (χ1) is 17.3. The number of aromatic nitrogens is 1. The molecule has 3 aromatic rings. The maximum absolute atomic E-state index is 13.7. The van der Waals surface area contributed by atoms with Crippen LogP contribution in [-0.2, 0) is 9.53 Å². The van der Waals surface area contributed by atoms with Crippen molar-refractivity contribution in [2.24, 2.45) is 4.99 Å². The van der Waals surface area contributed by atoms with Gasteiger partial charge in [0.2, 0.25) is 0 Å². The van der Waals surface area contributed by atoms with Crippen molar-refractivity contribution in [3.05, 3.63) is 72.6 Å². The quantitative estimate of drug-likeness (QED) is 0.429. The summed E-state index contributed by atoms with van der Waals surface area (Å²) < 4.78 is 24.3. The Bertz CT molecular complexity index is 1490. The smallest absolute Gasteiger partial charge is 0.338 e. The minimum atomic E-state index is -0.749. The van der Waals surface area contributed by atoms with Crippen LogP contribution in [0.25, 0.3) is 6.08 Å². The lowest BCUT2D eigenvalue weighted by molar-refractivity contribution is -0.139. The van der Waals surface area contributed by atoms with Crippen molar-refractivity contribution in [1.82, 2.24) is 4.57 Å². The van der Waals surface area contributed by atoms with Gasteiger partial charge in [0, 0.05) is 26.2 Å². The van der Waals surface area contributed by atoms with Crippen molar-refractivity contribution < 1.29 is 23.4 Å². The van der Waals surface area contributed by atoms with Crippen LogP contribution in [0.15, 0.2) is 55.8 Å². The highest BCUT2D eigenvalue weighted by Crippen LogP contribution is 2.36. The van der Waals surface area contributed by atoms with Crippen molar-refractivity contribution in [2.45, 2.75) is 26.8 Å². The minimum Gasteiger partial charge on any atom is -0.493 e. The Morgan fingerprint density at radius 1 is 1.19 bits per heavy atom. The second-order valence-corrected chi connectivity index (χ2v) is 9.23. The molecule has 10 heteroatoms. The van der Waals surface area contributed by atoms with E-state index in [0.717, 1.165) is 0 Å². The number of ether oxygens (including phenoxy) is 3. The Morgan fingerprint density at radius 2 is 1.97 bits per heavy atom. The zero-order valence-corrected chi connectivity index (χ0v) is 22.0. The number of methoxy groups -OCH3 is 1. The van der Waals surface area contributed by atoms with Crippen LogP contribution in [0.2, 0.25) is 0 Å². The Hall–Kier alpha value is -3.79. The van der Waals surface area contributed by atoms with Crippen molar-refractivity contribution in [2.75, 3.05) is 39.3 Å². The highest BCUT2D eigenvalue weighted by atomic mass is 32.1. The number of fused-ring (bicyclic) bond motifs is 1. The standard InChI is InChI=1S/C26H29N3O6S/c1-7-33-19-13-16(9-11-18(19)32-6)23-22(25(31)34-8-2)15(3)27-26-29(23)24(30)20(36-26)14-17-10-12-21(35-17)28(4)5/h9-14,23H,7-8H2,1-6H3/t23-/m0/s1. The van der Waals surface area contributed by atoms with Gasteiger partial charge in [-0.15, -0.1) is 0 Å². The zero-order valence-electron chi connectivity index (χ0n) is 21.2. The molecule has 0 unspecified atom stereocenters. The normalized spacial score (nSPS) is 15.4. The lowest BCUT2D eigenvalue weighted by Gasteiger charge is -2.25. The maximum Gasteiger partial charge on any atom is 0.338 e. The van der Waals surface area contributed by atoms with Crippen LogP contribution in [-0.4, -0.2) is 45.0 Å². The van der Waals surface area contributed by atoms with Gasteiger partial charge in [0.05, 0.1) is 42.2 Å². The number of allylic oxidation sites excluding steroid dienone is 1. The van der Waals surface area contributed by atoms with E-state index in [1.165, 1.54) is 15.9 Å². The number of benzene rings is 1. The Kier molecular flexibility index (Phi) is 7.35. The summed E-state index contributed by atoms with van der Waals surface area (Å²) in [6.07, 6.45) is 1.69. The van der Waals surface area contributed by atoms with E-state index >= 15 is 0 Å². The van der Waals surface area contributed by atoms with Gasteiger partial charge in [-0.05, 0) is 44.5 Å². The summed E-state index contributed by atoms with van der Waals surface area (Å²) in [4.78, 5) is 33.7. The van der Waals surface area contributed by atoms with Crippen LogP contribution < -0.4 is 29.3 Å². The van der Waals surface area contributed by atoms with E-state index in [0.29, 0.717) is 55.9 Å². The molecule has 0 amide bonds. The van der Waals surface area contributed by atoms with Crippen molar-refractivity contribution in [3.63, 3.8) is 0 Å². The molecule has 3 heterocycles. The summed E-state index contributed by atoms with van der Waals surface area (Å²) in [6.45, 7) is 6.00. The first-order valence-corrected chi connectivity index (χ1v) is 12.4. The number of nitrogens with zero attached hydrogens (tertiary/aromatic N) is 3. The molecule has 1 aliphatic heterocycles. The third-order valence-corrected chi connectivity index (χ3v) is 6.63.